The fraction of sp³-hybridized carbons (Fsp3) is 0.500. The normalized spacial score (nSPS) is 26.0. The lowest BCUT2D eigenvalue weighted by Gasteiger charge is -2.22. The summed E-state index contributed by atoms with van der Waals surface area (Å²) < 4.78 is 0. The highest BCUT2D eigenvalue weighted by atomic mass is 16.4. The molecule has 86 valence electrons. The molecule has 1 aliphatic heterocycles. The highest BCUT2D eigenvalue weighted by molar-refractivity contribution is 5.71. The summed E-state index contributed by atoms with van der Waals surface area (Å²) in [5.74, 6) is -1.06. The van der Waals surface area contributed by atoms with Crippen LogP contribution in [-0.4, -0.2) is 22.6 Å². The van der Waals surface area contributed by atoms with E-state index in [1.165, 1.54) is 0 Å². The number of aliphatic carboxylic acids is 1. The van der Waals surface area contributed by atoms with Crippen LogP contribution in [0.2, 0.25) is 0 Å². The molecule has 0 aliphatic carbocycles. The van der Waals surface area contributed by atoms with Crippen molar-refractivity contribution in [3.05, 3.63) is 30.1 Å². The van der Waals surface area contributed by atoms with Gasteiger partial charge in [-0.25, -0.2) is 0 Å². The largest absolute Gasteiger partial charge is 0.481 e. The van der Waals surface area contributed by atoms with Crippen molar-refractivity contribution in [2.75, 3.05) is 6.54 Å². The number of pyridine rings is 1. The molecule has 0 aromatic carbocycles. The highest BCUT2D eigenvalue weighted by Crippen LogP contribution is 2.28. The minimum atomic E-state index is -0.719. The molecule has 2 N–H and O–H groups in total. The van der Waals surface area contributed by atoms with Crippen molar-refractivity contribution in [2.24, 2.45) is 5.92 Å². The number of carbonyl (C=O) groups is 1. The Morgan fingerprint density at radius 1 is 1.50 bits per heavy atom. The van der Waals surface area contributed by atoms with Gasteiger partial charge in [0, 0.05) is 18.4 Å². The Morgan fingerprint density at radius 2 is 2.38 bits per heavy atom. The Hall–Kier alpha value is -1.42. The average molecular weight is 220 g/mol. The smallest absolute Gasteiger partial charge is 0.308 e. The predicted molar refractivity (Wildman–Crippen MR) is 60.0 cm³/mol. The van der Waals surface area contributed by atoms with Gasteiger partial charge in [0.25, 0.3) is 0 Å². The summed E-state index contributed by atoms with van der Waals surface area (Å²) in [5, 5.41) is 12.5. The maximum Gasteiger partial charge on any atom is 0.308 e. The van der Waals surface area contributed by atoms with Crippen LogP contribution in [0.3, 0.4) is 0 Å². The second-order valence-electron chi connectivity index (χ2n) is 4.16. The number of aromatic nitrogens is 1. The van der Waals surface area contributed by atoms with Gasteiger partial charge in [0.05, 0.1) is 5.92 Å². The van der Waals surface area contributed by atoms with Crippen molar-refractivity contribution in [3.63, 3.8) is 0 Å². The van der Waals surface area contributed by atoms with Crippen molar-refractivity contribution < 1.29 is 9.90 Å². The second kappa shape index (κ2) is 5.07. The molecule has 1 saturated heterocycles. The number of nitrogens with one attached hydrogen (secondary N) is 1. The van der Waals surface area contributed by atoms with Crippen LogP contribution in [0.15, 0.2) is 24.5 Å². The second-order valence-corrected chi connectivity index (χ2v) is 4.16. The summed E-state index contributed by atoms with van der Waals surface area (Å²) in [5.41, 5.74) is 0.969. The first-order valence-electron chi connectivity index (χ1n) is 5.65. The molecule has 0 saturated carbocycles. The third-order valence-corrected chi connectivity index (χ3v) is 3.07. The van der Waals surface area contributed by atoms with Gasteiger partial charge in [-0.15, -0.1) is 0 Å². The number of carboxylic acids is 1. The molecule has 0 radical (unpaired) electrons. The molecule has 1 aliphatic rings. The zero-order valence-electron chi connectivity index (χ0n) is 9.10. The predicted octanol–water partition coefficient (Wildman–Crippen LogP) is 1.60. The van der Waals surface area contributed by atoms with E-state index in [4.69, 9.17) is 0 Å². The maximum atomic E-state index is 11.2. The molecule has 2 atom stereocenters. The molecule has 16 heavy (non-hydrogen) atoms. The number of hydrogen-bond donors (Lipinski definition) is 2. The van der Waals surface area contributed by atoms with E-state index in [9.17, 15) is 9.90 Å². The minimum absolute atomic E-state index is 0.103. The first-order chi connectivity index (χ1) is 7.79. The molecule has 0 spiro atoms. The lowest BCUT2D eigenvalue weighted by atomic mass is 9.91. The number of nitrogens with zero attached hydrogens (tertiary/aromatic N) is 1. The maximum absolute atomic E-state index is 11.2. The topological polar surface area (TPSA) is 62.2 Å². The first-order valence-corrected chi connectivity index (χ1v) is 5.65. The molecule has 0 amide bonds. The Kier molecular flexibility index (Phi) is 3.51. The molecule has 1 aromatic rings. The fourth-order valence-corrected chi connectivity index (χ4v) is 2.23. The van der Waals surface area contributed by atoms with E-state index in [1.54, 1.807) is 12.4 Å². The lowest BCUT2D eigenvalue weighted by molar-refractivity contribution is -0.143. The molecule has 2 rings (SSSR count). The SMILES string of the molecule is O=C(O)[C@H]1CCCCN[C@@H]1c1cccnc1. The van der Waals surface area contributed by atoms with Crippen LogP contribution in [0.5, 0.6) is 0 Å². The van der Waals surface area contributed by atoms with Crippen molar-refractivity contribution >= 4 is 5.97 Å². The van der Waals surface area contributed by atoms with Crippen molar-refractivity contribution in [2.45, 2.75) is 25.3 Å². The summed E-state index contributed by atoms with van der Waals surface area (Å²) in [6.45, 7) is 0.878. The molecule has 1 aromatic heterocycles. The van der Waals surface area contributed by atoms with E-state index in [1.807, 2.05) is 12.1 Å². The first kappa shape index (κ1) is 11.1. The summed E-state index contributed by atoms with van der Waals surface area (Å²) in [6, 6.07) is 3.68. The van der Waals surface area contributed by atoms with E-state index in [0.717, 1.165) is 31.4 Å². The third-order valence-electron chi connectivity index (χ3n) is 3.07. The molecular formula is C12H16N2O2. The van der Waals surface area contributed by atoms with Crippen molar-refractivity contribution in [3.8, 4) is 0 Å². The van der Waals surface area contributed by atoms with Gasteiger partial charge in [-0.2, -0.15) is 0 Å². The number of rotatable bonds is 2. The van der Waals surface area contributed by atoms with Gasteiger partial charge in [-0.3, -0.25) is 9.78 Å². The minimum Gasteiger partial charge on any atom is -0.481 e. The van der Waals surface area contributed by atoms with Gasteiger partial charge in [-0.05, 0) is 31.0 Å². The fourth-order valence-electron chi connectivity index (χ4n) is 2.23. The van der Waals surface area contributed by atoms with Gasteiger partial charge in [0.15, 0.2) is 0 Å². The standard InChI is InChI=1S/C12H16N2O2/c15-12(16)10-5-1-2-7-14-11(10)9-4-3-6-13-8-9/h3-4,6,8,10-11,14H,1-2,5,7H2,(H,15,16)/t10-,11+/m0/s1. The summed E-state index contributed by atoms with van der Waals surface area (Å²) in [7, 11) is 0. The lowest BCUT2D eigenvalue weighted by Crippen LogP contribution is -2.31. The van der Waals surface area contributed by atoms with E-state index in [2.05, 4.69) is 10.3 Å². The van der Waals surface area contributed by atoms with Gasteiger partial charge < -0.3 is 10.4 Å². The molecular weight excluding hydrogens is 204 g/mol. The summed E-state index contributed by atoms with van der Waals surface area (Å²) in [4.78, 5) is 15.3. The summed E-state index contributed by atoms with van der Waals surface area (Å²) >= 11 is 0. The Balaban J connectivity index is 2.24. The molecule has 0 bridgehead atoms. The molecule has 2 heterocycles. The van der Waals surface area contributed by atoms with Crippen LogP contribution in [0.25, 0.3) is 0 Å². The molecule has 1 fully saturated rings. The zero-order valence-corrected chi connectivity index (χ0v) is 9.10. The molecule has 0 unspecified atom stereocenters. The number of carboxylic acid groups (broad SMARTS) is 1. The van der Waals surface area contributed by atoms with E-state index in [0.29, 0.717) is 0 Å². The zero-order chi connectivity index (χ0) is 11.4. The van der Waals surface area contributed by atoms with Crippen molar-refractivity contribution in [1.29, 1.82) is 0 Å². The van der Waals surface area contributed by atoms with Gasteiger partial charge in [-0.1, -0.05) is 12.5 Å². The monoisotopic (exact) mass is 220 g/mol. The number of hydrogen-bond acceptors (Lipinski definition) is 3. The molecule has 4 nitrogen and oxygen atoms in total. The molecule has 4 heteroatoms. The highest BCUT2D eigenvalue weighted by Gasteiger charge is 2.30. The van der Waals surface area contributed by atoms with E-state index < -0.39 is 5.97 Å². The van der Waals surface area contributed by atoms with Gasteiger partial charge in [0.2, 0.25) is 0 Å². The van der Waals surface area contributed by atoms with Crippen LogP contribution < -0.4 is 5.32 Å². The summed E-state index contributed by atoms with van der Waals surface area (Å²) in [6.07, 6.45) is 6.21. The Morgan fingerprint density at radius 3 is 3.06 bits per heavy atom. The van der Waals surface area contributed by atoms with Gasteiger partial charge >= 0.3 is 5.97 Å². The van der Waals surface area contributed by atoms with Crippen LogP contribution in [0, 0.1) is 5.92 Å². The van der Waals surface area contributed by atoms with Crippen LogP contribution in [-0.2, 0) is 4.79 Å². The third kappa shape index (κ3) is 2.39. The van der Waals surface area contributed by atoms with Crippen LogP contribution in [0.1, 0.15) is 30.9 Å². The van der Waals surface area contributed by atoms with E-state index >= 15 is 0 Å². The van der Waals surface area contributed by atoms with Crippen molar-refractivity contribution in [1.82, 2.24) is 10.3 Å². The Bertz CT molecular complexity index is 353. The van der Waals surface area contributed by atoms with Crippen LogP contribution >= 0.6 is 0 Å². The Labute approximate surface area is 94.7 Å². The average Bonchev–Trinajstić information content (AvgIpc) is 2.55. The van der Waals surface area contributed by atoms with E-state index in [-0.39, 0.29) is 12.0 Å². The quantitative estimate of drug-likeness (QED) is 0.794. The van der Waals surface area contributed by atoms with Gasteiger partial charge in [0.1, 0.15) is 0 Å². The van der Waals surface area contributed by atoms with Crippen LogP contribution in [0.4, 0.5) is 0 Å².